The van der Waals surface area contributed by atoms with Gasteiger partial charge in [0.2, 0.25) is 11.8 Å². The Morgan fingerprint density at radius 2 is 1.83 bits per heavy atom. The Kier molecular flexibility index (Phi) is 8.04. The topological polar surface area (TPSA) is 114 Å². The molecule has 10 nitrogen and oxygen atoms in total. The summed E-state index contributed by atoms with van der Waals surface area (Å²) in [5, 5.41) is 13.0. The Morgan fingerprint density at radius 3 is 2.53 bits per heavy atom. The maximum atomic E-state index is 12.8. The van der Waals surface area contributed by atoms with Crippen LogP contribution in [0.4, 0.5) is 16.3 Å². The molecule has 192 valence electrons. The molecule has 3 N–H and O–H groups in total. The molecular formula is C26H35N7O3. The number of carbonyl (C=O) groups is 3. The molecule has 1 atom stereocenters. The van der Waals surface area contributed by atoms with Crippen molar-refractivity contribution in [1.29, 1.82) is 0 Å². The number of likely N-dealkylation sites (N-methyl/N-ethyl adjacent to an activating group) is 1. The van der Waals surface area contributed by atoms with Crippen LogP contribution in [0.25, 0.3) is 0 Å². The van der Waals surface area contributed by atoms with Gasteiger partial charge in [-0.05, 0) is 51.6 Å². The van der Waals surface area contributed by atoms with E-state index in [0.717, 1.165) is 24.1 Å². The summed E-state index contributed by atoms with van der Waals surface area (Å²) in [5.41, 5.74) is 2.48. The molecule has 4 amide bonds. The minimum Gasteiger partial charge on any atom is -0.336 e. The number of H-pyrrole nitrogens is 1. The quantitative estimate of drug-likeness (QED) is 0.490. The summed E-state index contributed by atoms with van der Waals surface area (Å²) in [7, 11) is 3.89. The number of amides is 4. The fourth-order valence-corrected chi connectivity index (χ4v) is 4.08. The van der Waals surface area contributed by atoms with Gasteiger partial charge in [0.15, 0.2) is 5.82 Å². The number of carbonyl (C=O) groups excluding carboxylic acids is 3. The van der Waals surface area contributed by atoms with Gasteiger partial charge >= 0.3 is 6.03 Å². The molecule has 1 aliphatic heterocycles. The number of urea groups is 1. The lowest BCUT2D eigenvalue weighted by Gasteiger charge is -2.34. The van der Waals surface area contributed by atoms with Gasteiger partial charge in [0, 0.05) is 62.2 Å². The summed E-state index contributed by atoms with van der Waals surface area (Å²) < 4.78 is 0. The first-order valence-corrected chi connectivity index (χ1v) is 12.4. The van der Waals surface area contributed by atoms with Crippen LogP contribution in [-0.4, -0.2) is 89.6 Å². The lowest BCUT2D eigenvalue weighted by atomic mass is 10.00. The number of nitrogens with zero attached hydrogens (tertiary/aromatic N) is 4. The zero-order chi connectivity index (χ0) is 25.7. The number of hydrogen-bond acceptors (Lipinski definition) is 5. The van der Waals surface area contributed by atoms with Gasteiger partial charge in [0.05, 0.1) is 5.92 Å². The predicted octanol–water partition coefficient (Wildman–Crippen LogP) is 2.82. The number of benzene rings is 1. The van der Waals surface area contributed by atoms with E-state index in [1.165, 1.54) is 0 Å². The summed E-state index contributed by atoms with van der Waals surface area (Å²) in [5.74, 6) is 0.458. The smallest absolute Gasteiger partial charge is 0.321 e. The molecule has 0 bridgehead atoms. The van der Waals surface area contributed by atoms with Crippen LogP contribution in [0.2, 0.25) is 0 Å². The number of aromatic amines is 1. The lowest BCUT2D eigenvalue weighted by Crippen LogP contribution is -2.51. The fourth-order valence-electron chi connectivity index (χ4n) is 4.08. The van der Waals surface area contributed by atoms with E-state index in [9.17, 15) is 14.4 Å². The van der Waals surface area contributed by atoms with Gasteiger partial charge in [-0.3, -0.25) is 14.7 Å². The molecule has 1 aromatic carbocycles. The standard InChI is InChI=1S/C26H35N7O3/c1-18(25(35)28-23-17-22(29-30-23)19-9-10-19)20-6-4-7-21(16-20)27-26(36)33-14-12-32(13-15-33)24(34)8-5-11-31(2)3/h4-8,16-19H,9-15H2,1-3H3,(H,27,36)(H2,28,29,30,35). The molecular weight excluding hydrogens is 458 g/mol. The van der Waals surface area contributed by atoms with Gasteiger partial charge in [-0.25, -0.2) is 4.79 Å². The van der Waals surface area contributed by atoms with Gasteiger partial charge in [-0.2, -0.15) is 5.10 Å². The second kappa shape index (κ2) is 11.4. The predicted molar refractivity (Wildman–Crippen MR) is 139 cm³/mol. The van der Waals surface area contributed by atoms with Crippen LogP contribution in [0.5, 0.6) is 0 Å². The first-order valence-electron chi connectivity index (χ1n) is 12.4. The summed E-state index contributed by atoms with van der Waals surface area (Å²) in [4.78, 5) is 43.3. The molecule has 1 aromatic heterocycles. The Balaban J connectivity index is 1.27. The maximum absolute atomic E-state index is 12.8. The molecule has 36 heavy (non-hydrogen) atoms. The van der Waals surface area contributed by atoms with Gasteiger partial charge in [-0.1, -0.05) is 18.2 Å². The molecule has 1 aliphatic carbocycles. The van der Waals surface area contributed by atoms with Crippen molar-refractivity contribution in [3.63, 3.8) is 0 Å². The van der Waals surface area contributed by atoms with Crippen LogP contribution in [0.15, 0.2) is 42.5 Å². The third-order valence-electron chi connectivity index (χ3n) is 6.51. The molecule has 1 saturated heterocycles. The van der Waals surface area contributed by atoms with Crippen molar-refractivity contribution in [3.8, 4) is 0 Å². The fraction of sp³-hybridized carbons (Fsp3) is 0.462. The number of hydrogen-bond donors (Lipinski definition) is 3. The number of rotatable bonds is 8. The second-order valence-electron chi connectivity index (χ2n) is 9.73. The van der Waals surface area contributed by atoms with Crippen LogP contribution < -0.4 is 10.6 Å². The Hall–Kier alpha value is -3.66. The molecule has 0 spiro atoms. The maximum Gasteiger partial charge on any atom is 0.321 e. The van der Waals surface area contributed by atoms with Crippen molar-refractivity contribution in [2.24, 2.45) is 0 Å². The number of aromatic nitrogens is 2. The second-order valence-corrected chi connectivity index (χ2v) is 9.73. The van der Waals surface area contributed by atoms with E-state index in [2.05, 4.69) is 20.8 Å². The van der Waals surface area contributed by atoms with E-state index < -0.39 is 5.92 Å². The monoisotopic (exact) mass is 493 g/mol. The lowest BCUT2D eigenvalue weighted by molar-refractivity contribution is -0.127. The van der Waals surface area contributed by atoms with Crippen molar-refractivity contribution in [1.82, 2.24) is 24.9 Å². The van der Waals surface area contributed by atoms with Crippen LogP contribution in [0, 0.1) is 0 Å². The largest absolute Gasteiger partial charge is 0.336 e. The van der Waals surface area contributed by atoms with E-state index in [1.807, 2.05) is 56.3 Å². The summed E-state index contributed by atoms with van der Waals surface area (Å²) in [6.07, 6.45) is 5.76. The van der Waals surface area contributed by atoms with Crippen LogP contribution in [0.3, 0.4) is 0 Å². The van der Waals surface area contributed by atoms with Gasteiger partial charge in [-0.15, -0.1) is 0 Å². The third kappa shape index (κ3) is 6.72. The van der Waals surface area contributed by atoms with Gasteiger partial charge < -0.3 is 25.3 Å². The normalized spacial score (nSPS) is 16.9. The van der Waals surface area contributed by atoms with Crippen LogP contribution >= 0.6 is 0 Å². The van der Waals surface area contributed by atoms with E-state index >= 15 is 0 Å². The average Bonchev–Trinajstić information content (AvgIpc) is 3.62. The van der Waals surface area contributed by atoms with Crippen molar-refractivity contribution in [2.45, 2.75) is 31.6 Å². The SMILES string of the molecule is CC(C(=O)Nc1cc(C2CC2)[nH]n1)c1cccc(NC(=O)N2CCN(C(=O)C=CCN(C)C)CC2)c1. The molecule has 1 saturated carbocycles. The molecule has 0 radical (unpaired) electrons. The number of piperazine rings is 1. The number of anilines is 2. The molecule has 10 heteroatoms. The first kappa shape index (κ1) is 25.4. The van der Waals surface area contributed by atoms with Crippen LogP contribution in [0.1, 0.15) is 42.9 Å². The van der Waals surface area contributed by atoms with Gasteiger partial charge in [0.25, 0.3) is 0 Å². The van der Waals surface area contributed by atoms with Crippen molar-refractivity contribution < 1.29 is 14.4 Å². The molecule has 2 aromatic rings. The molecule has 2 fully saturated rings. The molecule has 4 rings (SSSR count). The highest BCUT2D eigenvalue weighted by atomic mass is 16.2. The van der Waals surface area contributed by atoms with Gasteiger partial charge in [0.1, 0.15) is 0 Å². The molecule has 2 aliphatic rings. The third-order valence-corrected chi connectivity index (χ3v) is 6.51. The van der Waals surface area contributed by atoms with E-state index in [1.54, 1.807) is 21.9 Å². The minimum atomic E-state index is -0.418. The van der Waals surface area contributed by atoms with E-state index in [4.69, 9.17) is 0 Å². The Morgan fingerprint density at radius 1 is 1.11 bits per heavy atom. The minimum absolute atomic E-state index is 0.0320. The van der Waals surface area contributed by atoms with Crippen molar-refractivity contribution >= 4 is 29.4 Å². The highest BCUT2D eigenvalue weighted by molar-refractivity contribution is 5.95. The summed E-state index contributed by atoms with van der Waals surface area (Å²) in [6.45, 7) is 4.44. The highest BCUT2D eigenvalue weighted by Gasteiger charge is 2.26. The highest BCUT2D eigenvalue weighted by Crippen LogP contribution is 2.39. The molecule has 1 unspecified atom stereocenters. The van der Waals surface area contributed by atoms with Crippen molar-refractivity contribution in [2.75, 3.05) is 57.5 Å². The van der Waals surface area contributed by atoms with Crippen LogP contribution in [-0.2, 0) is 9.59 Å². The van der Waals surface area contributed by atoms with E-state index in [0.29, 0.717) is 50.1 Å². The van der Waals surface area contributed by atoms with E-state index in [-0.39, 0.29) is 17.8 Å². The summed E-state index contributed by atoms with van der Waals surface area (Å²) in [6, 6.07) is 8.99. The Bertz CT molecular complexity index is 1110. The molecule has 2 heterocycles. The average molecular weight is 494 g/mol. The zero-order valence-electron chi connectivity index (χ0n) is 21.2. The summed E-state index contributed by atoms with van der Waals surface area (Å²) >= 11 is 0. The van der Waals surface area contributed by atoms with Crippen molar-refractivity contribution in [3.05, 3.63) is 53.7 Å². The Labute approximate surface area is 211 Å². The number of nitrogens with one attached hydrogen (secondary N) is 3. The zero-order valence-corrected chi connectivity index (χ0v) is 21.2. The first-order chi connectivity index (χ1) is 17.3.